The van der Waals surface area contributed by atoms with Crippen molar-refractivity contribution in [3.63, 3.8) is 0 Å². The fourth-order valence-electron chi connectivity index (χ4n) is 0. The number of hydrogen-bond donors (Lipinski definition) is 0. The van der Waals surface area contributed by atoms with Crippen LogP contribution < -0.4 is 0 Å². The van der Waals surface area contributed by atoms with Crippen LogP contribution in [0.2, 0.25) is 0 Å². The first-order chi connectivity index (χ1) is 0. The summed E-state index contributed by atoms with van der Waals surface area (Å²) in [5.41, 5.74) is 0. The van der Waals surface area contributed by atoms with E-state index in [-0.39, 0.29) is 133 Å². The molecule has 0 aromatic carbocycles. The largest absolute Gasteiger partial charge is 3.00 e. The Morgan fingerprint density at radius 2 is 0.400 bits per heavy atom. The molecular weight excluding hydrogens is 525 g/mol. The van der Waals surface area contributed by atoms with E-state index in [0.29, 0.717) is 0 Å². The molecule has 0 aromatic rings. The summed E-state index contributed by atoms with van der Waals surface area (Å²) in [6.07, 6.45) is 0. The van der Waals surface area contributed by atoms with Gasteiger partial charge in [0.15, 0.2) is 0 Å². The third kappa shape index (κ3) is 17.8. The minimum atomic E-state index is 0. The SMILES string of the molecule is [Nd+3].[Nd+3].[Se-2].[Se-2].[Se-2]. The Labute approximate surface area is 129 Å². The van der Waals surface area contributed by atoms with Crippen LogP contribution in [-0.4, -0.2) is 51.2 Å². The fraction of sp³-hybridized carbons (Fsp3) is 0. The maximum absolute atomic E-state index is 0. The second-order valence-corrected chi connectivity index (χ2v) is 0. The van der Waals surface area contributed by atoms with Gasteiger partial charge in [0.1, 0.15) is 0 Å². The predicted octanol–water partition coefficient (Wildman–Crippen LogP) is -1.14. The summed E-state index contributed by atoms with van der Waals surface area (Å²) in [7, 11) is 0. The van der Waals surface area contributed by atoms with Gasteiger partial charge in [0.2, 0.25) is 0 Å². The summed E-state index contributed by atoms with van der Waals surface area (Å²) in [5, 5.41) is 0. The van der Waals surface area contributed by atoms with Crippen molar-refractivity contribution in [1.82, 2.24) is 0 Å². The zero-order valence-corrected chi connectivity index (χ0v) is 13.8. The van der Waals surface area contributed by atoms with Crippen molar-refractivity contribution in [1.29, 1.82) is 0 Å². The third-order valence-electron chi connectivity index (χ3n) is 0. The van der Waals surface area contributed by atoms with Crippen molar-refractivity contribution in [2.45, 2.75) is 0 Å². The van der Waals surface area contributed by atoms with Crippen molar-refractivity contribution in [3.8, 4) is 0 Å². The number of hydrogen-bond acceptors (Lipinski definition) is 0. The molecule has 5 heavy (non-hydrogen) atoms. The predicted molar refractivity (Wildman–Crippen MR) is 17.3 cm³/mol. The average molecular weight is 525 g/mol. The van der Waals surface area contributed by atoms with Crippen molar-refractivity contribution >= 4 is 51.2 Å². The van der Waals surface area contributed by atoms with Gasteiger partial charge in [0, 0.05) is 0 Å². The van der Waals surface area contributed by atoms with Gasteiger partial charge in [0.25, 0.3) is 0 Å². The summed E-state index contributed by atoms with van der Waals surface area (Å²) < 4.78 is 0. The summed E-state index contributed by atoms with van der Waals surface area (Å²) in [4.78, 5) is 0. The van der Waals surface area contributed by atoms with Gasteiger partial charge < -0.3 is 51.2 Å². The molecule has 0 unspecified atom stereocenters. The second-order valence-electron chi connectivity index (χ2n) is 0. The quantitative estimate of drug-likeness (QED) is 0.351. The van der Waals surface area contributed by atoms with Crippen LogP contribution in [0.5, 0.6) is 0 Å². The van der Waals surface area contributed by atoms with Crippen LogP contribution in [-0.2, 0) is 0 Å². The summed E-state index contributed by atoms with van der Waals surface area (Å²) >= 11 is 0. The van der Waals surface area contributed by atoms with E-state index in [4.69, 9.17) is 0 Å². The Bertz CT molecular complexity index is 4.85. The zero-order valence-electron chi connectivity index (χ0n) is 2.22. The summed E-state index contributed by atoms with van der Waals surface area (Å²) in [6, 6.07) is 0. The van der Waals surface area contributed by atoms with E-state index in [0.717, 1.165) is 0 Å². The molecule has 0 rings (SSSR count). The van der Waals surface area contributed by atoms with E-state index in [1.165, 1.54) is 0 Å². The zero-order chi connectivity index (χ0) is 0. The first-order valence-electron chi connectivity index (χ1n) is 0. The molecule has 0 spiro atoms. The molecule has 0 fully saturated rings. The van der Waals surface area contributed by atoms with Crippen LogP contribution in [0, 0.1) is 81.7 Å². The van der Waals surface area contributed by atoms with Crippen molar-refractivity contribution in [3.05, 3.63) is 0 Å². The van der Waals surface area contributed by atoms with Gasteiger partial charge in [-0.1, -0.05) is 0 Å². The van der Waals surface area contributed by atoms with Gasteiger partial charge in [-0.3, -0.25) is 0 Å². The molecule has 5 heteroatoms. The van der Waals surface area contributed by atoms with E-state index < -0.39 is 0 Å². The van der Waals surface area contributed by atoms with Gasteiger partial charge in [-0.15, -0.1) is 0 Å². The van der Waals surface area contributed by atoms with Gasteiger partial charge in [-0.05, 0) is 0 Å². The maximum atomic E-state index is 0. The van der Waals surface area contributed by atoms with Crippen molar-refractivity contribution < 1.29 is 81.7 Å². The molecule has 0 aliphatic carbocycles. The second kappa shape index (κ2) is 24.0. The van der Waals surface area contributed by atoms with Crippen LogP contribution in [0.3, 0.4) is 0 Å². The standard InChI is InChI=1S/2Nd.3Se/q2*+3;3*-2. The molecule has 0 aromatic heterocycles. The van der Waals surface area contributed by atoms with Gasteiger partial charge >= 0.3 is 81.7 Å². The molecule has 0 amide bonds. The van der Waals surface area contributed by atoms with Crippen LogP contribution in [0.15, 0.2) is 0 Å². The minimum Gasteiger partial charge on any atom is -2.00 e. The molecule has 2 radical (unpaired) electrons. The van der Waals surface area contributed by atoms with Crippen molar-refractivity contribution in [2.24, 2.45) is 0 Å². The molecule has 0 saturated carbocycles. The summed E-state index contributed by atoms with van der Waals surface area (Å²) in [5.74, 6) is 0. The topological polar surface area (TPSA) is 0 Å². The van der Waals surface area contributed by atoms with E-state index >= 15 is 0 Å². The van der Waals surface area contributed by atoms with Gasteiger partial charge in [-0.25, -0.2) is 0 Å². The number of rotatable bonds is 0. The van der Waals surface area contributed by atoms with Crippen molar-refractivity contribution in [2.75, 3.05) is 0 Å². The monoisotopic (exact) mass is 524 g/mol. The molecule has 0 aliphatic heterocycles. The first kappa shape index (κ1) is 34.8. The van der Waals surface area contributed by atoms with E-state index in [9.17, 15) is 0 Å². The molecule has 0 heterocycles. The molecule has 26 valence electrons. The first-order valence-corrected chi connectivity index (χ1v) is 0. The molecular formula is Nd2Se3. The minimum absolute atomic E-state index is 0. The van der Waals surface area contributed by atoms with Crippen LogP contribution in [0.1, 0.15) is 0 Å². The molecule has 0 saturated heterocycles. The molecule has 0 N–H and O–H groups in total. The van der Waals surface area contributed by atoms with Gasteiger partial charge in [0.05, 0.1) is 0 Å². The van der Waals surface area contributed by atoms with Crippen LogP contribution >= 0.6 is 0 Å². The Morgan fingerprint density at radius 3 is 0.400 bits per heavy atom. The average Bonchev–Trinajstić information content (AvgIpc) is 0. The third-order valence-corrected chi connectivity index (χ3v) is 0. The maximum Gasteiger partial charge on any atom is 3.00 e. The summed E-state index contributed by atoms with van der Waals surface area (Å²) in [6.45, 7) is 0. The van der Waals surface area contributed by atoms with E-state index in [2.05, 4.69) is 0 Å². The molecule has 0 nitrogen and oxygen atoms in total. The normalized spacial score (nSPS) is 0. The fourth-order valence-corrected chi connectivity index (χ4v) is 0. The Balaban J connectivity index is 0. The van der Waals surface area contributed by atoms with Crippen LogP contribution in [0.4, 0.5) is 0 Å². The Morgan fingerprint density at radius 1 is 0.400 bits per heavy atom. The smallest absolute Gasteiger partial charge is 2.00 e. The van der Waals surface area contributed by atoms with E-state index in [1.807, 2.05) is 0 Å². The Hall–Kier alpha value is 4.26. The Kier molecular flexibility index (Phi) is 167. The van der Waals surface area contributed by atoms with E-state index in [1.54, 1.807) is 0 Å². The molecule has 0 bridgehead atoms. The van der Waals surface area contributed by atoms with Crippen LogP contribution in [0.25, 0.3) is 0 Å². The molecule has 0 atom stereocenters. The van der Waals surface area contributed by atoms with Gasteiger partial charge in [-0.2, -0.15) is 0 Å². The molecule has 0 aliphatic rings.